The molecule has 132 valence electrons. The molecular weight excluding hydrogens is 319 g/mol. The van der Waals surface area contributed by atoms with E-state index < -0.39 is 17.8 Å². The van der Waals surface area contributed by atoms with Crippen LogP contribution in [0.1, 0.15) is 29.8 Å². The molecule has 0 bridgehead atoms. The highest BCUT2D eigenvalue weighted by Gasteiger charge is 2.28. The predicted molar refractivity (Wildman–Crippen MR) is 95.4 cm³/mol. The Kier molecular flexibility index (Phi) is 6.28. The number of carbonyl (C=O) groups is 2. The van der Waals surface area contributed by atoms with Gasteiger partial charge in [0, 0.05) is 13.6 Å². The van der Waals surface area contributed by atoms with Gasteiger partial charge in [0.25, 0.3) is 5.91 Å². The Morgan fingerprint density at radius 3 is 2.24 bits per heavy atom. The predicted octanol–water partition coefficient (Wildman–Crippen LogP) is 3.24. The maximum Gasteiger partial charge on any atom is 0.254 e. The van der Waals surface area contributed by atoms with Crippen molar-refractivity contribution < 1.29 is 14.0 Å². The molecule has 1 N–H and O–H groups in total. The number of likely N-dealkylation sites (N-methyl/N-ethyl adjacent to an activating group) is 1. The third-order valence-electron chi connectivity index (χ3n) is 3.98. The van der Waals surface area contributed by atoms with E-state index in [1.165, 1.54) is 18.2 Å². The van der Waals surface area contributed by atoms with E-state index in [2.05, 4.69) is 5.32 Å². The average molecular weight is 342 g/mol. The van der Waals surface area contributed by atoms with Crippen LogP contribution in [0.4, 0.5) is 4.39 Å². The molecule has 2 rings (SSSR count). The third-order valence-corrected chi connectivity index (χ3v) is 3.98. The molecule has 0 fully saturated rings. The van der Waals surface area contributed by atoms with Gasteiger partial charge < -0.3 is 10.2 Å². The minimum absolute atomic E-state index is 0.0633. The van der Waals surface area contributed by atoms with E-state index in [1.54, 1.807) is 18.0 Å². The molecule has 0 radical (unpaired) electrons. The molecule has 0 heterocycles. The summed E-state index contributed by atoms with van der Waals surface area (Å²) in [5.41, 5.74) is 0.938. The highest BCUT2D eigenvalue weighted by Crippen LogP contribution is 2.12. The fraction of sp³-hybridized carbons (Fsp3) is 0.300. The van der Waals surface area contributed by atoms with Gasteiger partial charge in [-0.25, -0.2) is 4.39 Å². The van der Waals surface area contributed by atoms with Crippen LogP contribution in [-0.4, -0.2) is 29.8 Å². The molecule has 0 aromatic heterocycles. The highest BCUT2D eigenvalue weighted by molar-refractivity contribution is 5.97. The van der Waals surface area contributed by atoms with E-state index in [0.29, 0.717) is 6.54 Å². The fourth-order valence-corrected chi connectivity index (χ4v) is 2.55. The molecule has 2 aromatic carbocycles. The van der Waals surface area contributed by atoms with E-state index in [-0.39, 0.29) is 17.4 Å². The maximum atomic E-state index is 13.8. The molecule has 0 saturated heterocycles. The first-order valence-electron chi connectivity index (χ1n) is 8.24. The summed E-state index contributed by atoms with van der Waals surface area (Å²) in [6, 6.07) is 14.6. The molecule has 25 heavy (non-hydrogen) atoms. The van der Waals surface area contributed by atoms with E-state index >= 15 is 0 Å². The number of amides is 2. The van der Waals surface area contributed by atoms with Crippen molar-refractivity contribution in [3.05, 3.63) is 71.5 Å². The molecule has 0 aliphatic carbocycles. The van der Waals surface area contributed by atoms with Crippen molar-refractivity contribution in [3.63, 3.8) is 0 Å². The molecule has 0 aliphatic heterocycles. The number of nitrogens with one attached hydrogen (secondary N) is 1. The molecule has 1 unspecified atom stereocenters. The number of nitrogens with zero attached hydrogens (tertiary/aromatic N) is 1. The zero-order valence-electron chi connectivity index (χ0n) is 14.7. The lowest BCUT2D eigenvalue weighted by Gasteiger charge is -2.27. The lowest BCUT2D eigenvalue weighted by atomic mass is 10.0. The normalized spacial score (nSPS) is 11.9. The molecule has 0 spiro atoms. The van der Waals surface area contributed by atoms with Crippen LogP contribution in [-0.2, 0) is 11.3 Å². The Bertz CT molecular complexity index is 731. The largest absolute Gasteiger partial charge is 0.340 e. The summed E-state index contributed by atoms with van der Waals surface area (Å²) in [4.78, 5) is 26.7. The smallest absolute Gasteiger partial charge is 0.254 e. The van der Waals surface area contributed by atoms with Crippen LogP contribution in [0.3, 0.4) is 0 Å². The Morgan fingerprint density at radius 2 is 1.64 bits per heavy atom. The zero-order chi connectivity index (χ0) is 18.4. The minimum Gasteiger partial charge on any atom is -0.340 e. The molecule has 2 amide bonds. The van der Waals surface area contributed by atoms with E-state index in [0.717, 1.165) is 5.56 Å². The van der Waals surface area contributed by atoms with Crippen molar-refractivity contribution in [3.8, 4) is 0 Å². The summed E-state index contributed by atoms with van der Waals surface area (Å²) < 4.78 is 13.8. The monoisotopic (exact) mass is 342 g/mol. The highest BCUT2D eigenvalue weighted by atomic mass is 19.1. The summed E-state index contributed by atoms with van der Waals surface area (Å²) in [6.07, 6.45) is 0. The van der Waals surface area contributed by atoms with Crippen molar-refractivity contribution in [2.75, 3.05) is 7.05 Å². The van der Waals surface area contributed by atoms with E-state index in [1.807, 2.05) is 44.2 Å². The number of carbonyl (C=O) groups excluding carboxylic acids is 2. The summed E-state index contributed by atoms with van der Waals surface area (Å²) in [5, 5.41) is 2.67. The van der Waals surface area contributed by atoms with Crippen LogP contribution in [0, 0.1) is 11.7 Å². The first-order valence-corrected chi connectivity index (χ1v) is 8.24. The van der Waals surface area contributed by atoms with Crippen molar-refractivity contribution in [1.82, 2.24) is 10.2 Å². The molecule has 4 nitrogen and oxygen atoms in total. The molecule has 0 aliphatic rings. The van der Waals surface area contributed by atoms with Gasteiger partial charge in [0.15, 0.2) is 0 Å². The Hall–Kier alpha value is -2.69. The maximum absolute atomic E-state index is 13.8. The van der Waals surface area contributed by atoms with Gasteiger partial charge in [0.05, 0.1) is 5.56 Å². The molecule has 1 atom stereocenters. The second-order valence-corrected chi connectivity index (χ2v) is 6.35. The summed E-state index contributed by atoms with van der Waals surface area (Å²) >= 11 is 0. The number of halogens is 1. The van der Waals surface area contributed by atoms with Gasteiger partial charge in [-0.15, -0.1) is 0 Å². The molecule has 5 heteroatoms. The lowest BCUT2D eigenvalue weighted by Crippen LogP contribution is -2.50. The summed E-state index contributed by atoms with van der Waals surface area (Å²) in [6.45, 7) is 4.14. The summed E-state index contributed by atoms with van der Waals surface area (Å²) in [5.74, 6) is -1.52. The third kappa shape index (κ3) is 4.89. The minimum atomic E-state index is -0.721. The molecular formula is C20H23FN2O2. The fourth-order valence-electron chi connectivity index (χ4n) is 2.55. The van der Waals surface area contributed by atoms with E-state index in [4.69, 9.17) is 0 Å². The quantitative estimate of drug-likeness (QED) is 0.876. The Labute approximate surface area is 147 Å². The molecule has 0 saturated carbocycles. The van der Waals surface area contributed by atoms with Crippen LogP contribution < -0.4 is 5.32 Å². The second kappa shape index (κ2) is 8.42. The van der Waals surface area contributed by atoms with Crippen molar-refractivity contribution in [1.29, 1.82) is 0 Å². The first-order chi connectivity index (χ1) is 11.9. The number of rotatable bonds is 6. The first kappa shape index (κ1) is 18.6. The average Bonchev–Trinajstić information content (AvgIpc) is 2.59. The van der Waals surface area contributed by atoms with Crippen LogP contribution in [0.25, 0.3) is 0 Å². The SMILES string of the molecule is CC(C)C(NC(=O)c1ccccc1F)C(=O)N(C)Cc1ccccc1. The van der Waals surface area contributed by atoms with Gasteiger partial charge in [-0.3, -0.25) is 9.59 Å². The topological polar surface area (TPSA) is 49.4 Å². The van der Waals surface area contributed by atoms with Crippen molar-refractivity contribution >= 4 is 11.8 Å². The lowest BCUT2D eigenvalue weighted by molar-refractivity contribution is -0.133. The van der Waals surface area contributed by atoms with Gasteiger partial charge in [-0.05, 0) is 23.6 Å². The Balaban J connectivity index is 2.10. The number of hydrogen-bond donors (Lipinski definition) is 1. The standard InChI is InChI=1S/C20H23FN2O2/c1-14(2)18(22-19(24)16-11-7-8-12-17(16)21)20(25)23(3)13-15-9-5-4-6-10-15/h4-12,14,18H,13H2,1-3H3,(H,22,24). The van der Waals surface area contributed by atoms with Gasteiger partial charge in [-0.2, -0.15) is 0 Å². The van der Waals surface area contributed by atoms with E-state index in [9.17, 15) is 14.0 Å². The Morgan fingerprint density at radius 1 is 1.04 bits per heavy atom. The van der Waals surface area contributed by atoms with Crippen LogP contribution in [0.15, 0.2) is 54.6 Å². The number of benzene rings is 2. The van der Waals surface area contributed by atoms with Gasteiger partial charge >= 0.3 is 0 Å². The van der Waals surface area contributed by atoms with Crippen LogP contribution in [0.2, 0.25) is 0 Å². The van der Waals surface area contributed by atoms with Gasteiger partial charge in [0.2, 0.25) is 5.91 Å². The van der Waals surface area contributed by atoms with Crippen LogP contribution >= 0.6 is 0 Å². The van der Waals surface area contributed by atoms with Crippen LogP contribution in [0.5, 0.6) is 0 Å². The second-order valence-electron chi connectivity index (χ2n) is 6.35. The molecule has 2 aromatic rings. The van der Waals surface area contributed by atoms with Gasteiger partial charge in [-0.1, -0.05) is 56.3 Å². The van der Waals surface area contributed by atoms with Gasteiger partial charge in [0.1, 0.15) is 11.9 Å². The number of hydrogen-bond acceptors (Lipinski definition) is 2. The summed E-state index contributed by atoms with van der Waals surface area (Å²) in [7, 11) is 1.69. The zero-order valence-corrected chi connectivity index (χ0v) is 14.7. The van der Waals surface area contributed by atoms with Crippen molar-refractivity contribution in [2.45, 2.75) is 26.4 Å². The van der Waals surface area contributed by atoms with Crippen molar-refractivity contribution in [2.24, 2.45) is 5.92 Å².